The van der Waals surface area contributed by atoms with Crippen LogP contribution in [-0.2, 0) is 0 Å². The number of benzene rings is 2. The summed E-state index contributed by atoms with van der Waals surface area (Å²) >= 11 is 11.3. The van der Waals surface area contributed by atoms with Gasteiger partial charge in [-0.3, -0.25) is 0 Å². The first-order chi connectivity index (χ1) is 8.65. The minimum atomic E-state index is 0.735. The minimum Gasteiger partial charge on any atom is -0.0843 e. The van der Waals surface area contributed by atoms with Crippen LogP contribution >= 0.6 is 23.8 Å². The van der Waals surface area contributed by atoms with Crippen LogP contribution in [0.2, 0.25) is 5.02 Å². The minimum absolute atomic E-state index is 0.735. The van der Waals surface area contributed by atoms with E-state index in [0.717, 1.165) is 21.0 Å². The highest BCUT2D eigenvalue weighted by atomic mass is 35.5. The zero-order chi connectivity index (χ0) is 13.0. The van der Waals surface area contributed by atoms with Crippen molar-refractivity contribution in [3.8, 4) is 0 Å². The summed E-state index contributed by atoms with van der Waals surface area (Å²) in [7, 11) is 0. The molecule has 2 aromatic carbocycles. The zero-order valence-electron chi connectivity index (χ0n) is 10.1. The first-order valence-corrected chi connectivity index (χ1v) is 6.48. The van der Waals surface area contributed by atoms with Gasteiger partial charge in [0.1, 0.15) is 0 Å². The summed E-state index contributed by atoms with van der Waals surface area (Å²) in [6.07, 6.45) is 3.92. The topological polar surface area (TPSA) is 0 Å². The maximum absolute atomic E-state index is 5.93. The molecule has 0 bridgehead atoms. The van der Waals surface area contributed by atoms with Crippen molar-refractivity contribution >= 4 is 34.8 Å². The standard InChI is InChI=1S/C16H13ClS/c1-12-5-8-14(9-6-12)16(18)10-7-13-3-2-4-15(17)11-13/h2-11H,1H3. The van der Waals surface area contributed by atoms with Crippen LogP contribution in [0.15, 0.2) is 54.6 Å². The number of hydrogen-bond acceptors (Lipinski definition) is 1. The molecule has 0 spiro atoms. The Labute approximate surface area is 118 Å². The fourth-order valence-electron chi connectivity index (χ4n) is 1.60. The average molecular weight is 273 g/mol. The molecule has 2 heteroatoms. The molecule has 0 saturated heterocycles. The van der Waals surface area contributed by atoms with Crippen molar-refractivity contribution in [1.29, 1.82) is 0 Å². The fourth-order valence-corrected chi connectivity index (χ4v) is 2.00. The Morgan fingerprint density at radius 3 is 2.50 bits per heavy atom. The molecule has 0 amide bonds. The van der Waals surface area contributed by atoms with Crippen molar-refractivity contribution in [1.82, 2.24) is 0 Å². The predicted octanol–water partition coefficient (Wildman–Crippen LogP) is 5.08. The van der Waals surface area contributed by atoms with Gasteiger partial charge in [0.25, 0.3) is 0 Å². The molecular formula is C16H13ClS. The molecule has 0 N–H and O–H groups in total. The summed E-state index contributed by atoms with van der Waals surface area (Å²) < 4.78 is 0. The number of halogens is 1. The largest absolute Gasteiger partial charge is 0.0843 e. The molecule has 0 unspecified atom stereocenters. The van der Waals surface area contributed by atoms with Crippen molar-refractivity contribution in [2.75, 3.05) is 0 Å². The lowest BCUT2D eigenvalue weighted by Crippen LogP contribution is -1.91. The van der Waals surface area contributed by atoms with Gasteiger partial charge in [-0.25, -0.2) is 0 Å². The van der Waals surface area contributed by atoms with E-state index in [9.17, 15) is 0 Å². The first-order valence-electron chi connectivity index (χ1n) is 5.70. The molecule has 2 aromatic rings. The molecule has 0 atom stereocenters. The van der Waals surface area contributed by atoms with Crippen LogP contribution in [0.5, 0.6) is 0 Å². The van der Waals surface area contributed by atoms with Crippen LogP contribution < -0.4 is 0 Å². The van der Waals surface area contributed by atoms with Crippen LogP contribution in [0.25, 0.3) is 6.08 Å². The summed E-state index contributed by atoms with van der Waals surface area (Å²) in [5.41, 5.74) is 3.35. The van der Waals surface area contributed by atoms with Gasteiger partial charge in [-0.05, 0) is 36.3 Å². The van der Waals surface area contributed by atoms with Gasteiger partial charge in [0.2, 0.25) is 0 Å². The van der Waals surface area contributed by atoms with Crippen LogP contribution in [0.1, 0.15) is 16.7 Å². The lowest BCUT2D eigenvalue weighted by molar-refractivity contribution is 1.47. The van der Waals surface area contributed by atoms with Crippen molar-refractivity contribution < 1.29 is 0 Å². The second-order valence-corrected chi connectivity index (χ2v) is 4.99. The summed E-state index contributed by atoms with van der Waals surface area (Å²) in [4.78, 5) is 0.829. The smallest absolute Gasteiger partial charge is 0.0449 e. The lowest BCUT2D eigenvalue weighted by atomic mass is 10.1. The Morgan fingerprint density at radius 2 is 1.83 bits per heavy atom. The number of hydrogen-bond donors (Lipinski definition) is 0. The number of allylic oxidation sites excluding steroid dienone is 1. The highest BCUT2D eigenvalue weighted by Gasteiger charge is 1.96. The number of thiocarbonyl (C=S) groups is 1. The van der Waals surface area contributed by atoms with E-state index in [-0.39, 0.29) is 0 Å². The normalized spacial score (nSPS) is 10.8. The summed E-state index contributed by atoms with van der Waals surface area (Å²) in [6.45, 7) is 2.06. The van der Waals surface area contributed by atoms with Gasteiger partial charge >= 0.3 is 0 Å². The molecule has 0 heterocycles. The van der Waals surface area contributed by atoms with E-state index in [1.54, 1.807) is 0 Å². The first kappa shape index (κ1) is 13.0. The quantitative estimate of drug-likeness (QED) is 0.427. The Morgan fingerprint density at radius 1 is 1.11 bits per heavy atom. The summed E-state index contributed by atoms with van der Waals surface area (Å²) in [5, 5.41) is 0.735. The lowest BCUT2D eigenvalue weighted by Gasteiger charge is -1.99. The van der Waals surface area contributed by atoms with Crippen molar-refractivity contribution in [3.05, 3.63) is 76.3 Å². The molecule has 2 rings (SSSR count). The molecule has 0 aromatic heterocycles. The van der Waals surface area contributed by atoms with E-state index in [4.69, 9.17) is 23.8 Å². The van der Waals surface area contributed by atoms with Gasteiger partial charge in [-0.2, -0.15) is 0 Å². The SMILES string of the molecule is Cc1ccc(C(=S)C=Cc2cccc(Cl)c2)cc1. The molecule has 90 valence electrons. The second-order valence-electron chi connectivity index (χ2n) is 4.12. The van der Waals surface area contributed by atoms with Gasteiger partial charge in [0.05, 0.1) is 0 Å². The molecule has 18 heavy (non-hydrogen) atoms. The van der Waals surface area contributed by atoms with Crippen LogP contribution in [0.4, 0.5) is 0 Å². The highest BCUT2D eigenvalue weighted by molar-refractivity contribution is 7.81. The molecule has 0 saturated carbocycles. The molecule has 0 fully saturated rings. The monoisotopic (exact) mass is 272 g/mol. The molecule has 0 aliphatic carbocycles. The van der Waals surface area contributed by atoms with Gasteiger partial charge < -0.3 is 0 Å². The van der Waals surface area contributed by atoms with E-state index < -0.39 is 0 Å². The van der Waals surface area contributed by atoms with Crippen LogP contribution in [0.3, 0.4) is 0 Å². The Hall–Kier alpha value is -1.44. The maximum Gasteiger partial charge on any atom is 0.0449 e. The number of rotatable bonds is 3. The molecule has 0 aliphatic heterocycles. The van der Waals surface area contributed by atoms with E-state index >= 15 is 0 Å². The van der Waals surface area contributed by atoms with Gasteiger partial charge in [-0.1, -0.05) is 71.9 Å². The van der Waals surface area contributed by atoms with E-state index in [1.165, 1.54) is 5.56 Å². The Balaban J connectivity index is 2.14. The maximum atomic E-state index is 5.93. The third-order valence-corrected chi connectivity index (χ3v) is 3.22. The highest BCUT2D eigenvalue weighted by Crippen LogP contribution is 2.13. The molecule has 0 nitrogen and oxygen atoms in total. The summed E-state index contributed by atoms with van der Waals surface area (Å²) in [5.74, 6) is 0. The third kappa shape index (κ3) is 3.52. The van der Waals surface area contributed by atoms with Crippen molar-refractivity contribution in [2.24, 2.45) is 0 Å². The van der Waals surface area contributed by atoms with Crippen LogP contribution in [-0.4, -0.2) is 4.86 Å². The fraction of sp³-hybridized carbons (Fsp3) is 0.0625. The van der Waals surface area contributed by atoms with Gasteiger partial charge in [-0.15, -0.1) is 0 Å². The third-order valence-electron chi connectivity index (χ3n) is 2.61. The zero-order valence-corrected chi connectivity index (χ0v) is 11.6. The molecular weight excluding hydrogens is 260 g/mol. The molecule has 0 aliphatic rings. The van der Waals surface area contributed by atoms with Gasteiger partial charge in [0.15, 0.2) is 0 Å². The Bertz CT molecular complexity index is 582. The van der Waals surface area contributed by atoms with E-state index in [2.05, 4.69) is 19.1 Å². The van der Waals surface area contributed by atoms with Gasteiger partial charge in [0, 0.05) is 9.89 Å². The Kier molecular flexibility index (Phi) is 4.29. The second kappa shape index (κ2) is 5.94. The predicted molar refractivity (Wildman–Crippen MR) is 83.4 cm³/mol. The summed E-state index contributed by atoms with van der Waals surface area (Å²) in [6, 6.07) is 15.9. The van der Waals surface area contributed by atoms with Crippen LogP contribution in [0, 0.1) is 6.92 Å². The van der Waals surface area contributed by atoms with E-state index in [1.807, 2.05) is 48.6 Å². The van der Waals surface area contributed by atoms with E-state index in [0.29, 0.717) is 0 Å². The van der Waals surface area contributed by atoms with Crippen molar-refractivity contribution in [3.63, 3.8) is 0 Å². The number of aryl methyl sites for hydroxylation is 1. The average Bonchev–Trinajstić information content (AvgIpc) is 2.37. The van der Waals surface area contributed by atoms with Crippen molar-refractivity contribution in [2.45, 2.75) is 6.92 Å². The molecule has 0 radical (unpaired) electrons.